The van der Waals surface area contributed by atoms with Gasteiger partial charge in [-0.25, -0.2) is 0 Å². The summed E-state index contributed by atoms with van der Waals surface area (Å²) in [7, 11) is 0. The Morgan fingerprint density at radius 2 is 1.16 bits per heavy atom. The zero-order valence-electron chi connectivity index (χ0n) is 19.3. The number of carboxylic acids is 1. The molecule has 0 saturated heterocycles. The van der Waals surface area contributed by atoms with E-state index in [1.807, 2.05) is 24.3 Å². The monoisotopic (exact) mass is 523 g/mol. The van der Waals surface area contributed by atoms with Gasteiger partial charge in [-0.3, -0.25) is 9.59 Å². The topological polar surface area (TPSA) is 66.4 Å². The van der Waals surface area contributed by atoms with Crippen molar-refractivity contribution < 1.29 is 27.9 Å². The van der Waals surface area contributed by atoms with E-state index < -0.39 is 29.7 Å². The highest BCUT2D eigenvalue weighted by Gasteiger charge is 2.30. The quantitative estimate of drug-likeness (QED) is 0.261. The fourth-order valence-electron chi connectivity index (χ4n) is 3.88. The summed E-state index contributed by atoms with van der Waals surface area (Å²) < 4.78 is 38.4. The maximum Gasteiger partial charge on any atom is 0.416 e. The van der Waals surface area contributed by atoms with Gasteiger partial charge in [-0.15, -0.1) is 0 Å². The Balaban J connectivity index is 1.48. The summed E-state index contributed by atoms with van der Waals surface area (Å²) in [5, 5.41) is 12.8. The zero-order chi connectivity index (χ0) is 26.6. The highest BCUT2D eigenvalue weighted by molar-refractivity contribution is 6.30. The molecule has 0 bridgehead atoms. The maximum atomic E-state index is 12.9. The third-order valence-electron chi connectivity index (χ3n) is 5.87. The van der Waals surface area contributed by atoms with Crippen LogP contribution < -0.4 is 5.32 Å². The van der Waals surface area contributed by atoms with Crippen molar-refractivity contribution in [2.45, 2.75) is 18.6 Å². The number of alkyl halides is 3. The van der Waals surface area contributed by atoms with Crippen molar-refractivity contribution in [3.05, 3.63) is 119 Å². The van der Waals surface area contributed by atoms with Crippen LogP contribution in [-0.4, -0.2) is 17.0 Å². The number of amides is 1. The van der Waals surface area contributed by atoms with Crippen molar-refractivity contribution in [2.75, 3.05) is 0 Å². The minimum absolute atomic E-state index is 0.295. The van der Waals surface area contributed by atoms with Crippen LogP contribution in [-0.2, 0) is 11.0 Å². The molecule has 0 aliphatic carbocycles. The van der Waals surface area contributed by atoms with Gasteiger partial charge in [-0.1, -0.05) is 72.3 Å². The van der Waals surface area contributed by atoms with Crippen molar-refractivity contribution >= 4 is 23.5 Å². The molecule has 188 valence electrons. The van der Waals surface area contributed by atoms with Gasteiger partial charge < -0.3 is 10.4 Å². The van der Waals surface area contributed by atoms with Gasteiger partial charge in [0.2, 0.25) is 0 Å². The Labute approximate surface area is 216 Å². The van der Waals surface area contributed by atoms with Crippen LogP contribution in [0, 0.1) is 0 Å². The molecule has 37 heavy (non-hydrogen) atoms. The molecule has 8 heteroatoms. The lowest BCUT2D eigenvalue weighted by molar-refractivity contribution is -0.138. The summed E-state index contributed by atoms with van der Waals surface area (Å²) in [4.78, 5) is 24.4. The molecule has 1 amide bonds. The second-order valence-electron chi connectivity index (χ2n) is 8.41. The number of nitrogens with one attached hydrogen (secondary N) is 1. The number of carboxylic acid groups (broad SMARTS) is 1. The van der Waals surface area contributed by atoms with Gasteiger partial charge in [-0.05, 0) is 64.2 Å². The average Bonchev–Trinajstić information content (AvgIpc) is 2.88. The SMILES string of the molecule is O=C(O)CC(NC(=O)c1ccc(-c2ccc(C(F)(F)F)cc2)cc1)c1ccc(-c2ccc(Cl)cc2)cc1. The lowest BCUT2D eigenvalue weighted by atomic mass is 9.98. The molecule has 4 aromatic rings. The molecule has 0 spiro atoms. The molecule has 4 nitrogen and oxygen atoms in total. The van der Waals surface area contributed by atoms with Crippen LogP contribution in [0.1, 0.15) is 33.9 Å². The summed E-state index contributed by atoms with van der Waals surface area (Å²) in [5.41, 5.74) is 3.27. The zero-order valence-corrected chi connectivity index (χ0v) is 20.1. The normalized spacial score (nSPS) is 12.1. The first-order valence-electron chi connectivity index (χ1n) is 11.3. The molecule has 1 unspecified atom stereocenters. The first kappa shape index (κ1) is 26.0. The number of aliphatic carboxylic acids is 1. The minimum atomic E-state index is -4.41. The molecule has 0 aliphatic rings. The molecule has 0 fully saturated rings. The predicted molar refractivity (Wildman–Crippen MR) is 136 cm³/mol. The highest BCUT2D eigenvalue weighted by Crippen LogP contribution is 2.31. The maximum absolute atomic E-state index is 12.9. The number of rotatable bonds is 7. The molecule has 0 aliphatic heterocycles. The second kappa shape index (κ2) is 10.9. The summed E-state index contributed by atoms with van der Waals surface area (Å²) in [6.45, 7) is 0. The van der Waals surface area contributed by atoms with Gasteiger partial charge in [0.05, 0.1) is 18.0 Å². The van der Waals surface area contributed by atoms with Crippen molar-refractivity contribution in [3.8, 4) is 22.3 Å². The van der Waals surface area contributed by atoms with E-state index >= 15 is 0 Å². The van der Waals surface area contributed by atoms with Crippen LogP contribution in [0.15, 0.2) is 97.1 Å². The third kappa shape index (κ3) is 6.57. The van der Waals surface area contributed by atoms with Crippen LogP contribution in [0.2, 0.25) is 5.02 Å². The van der Waals surface area contributed by atoms with E-state index in [0.29, 0.717) is 27.3 Å². The summed E-state index contributed by atoms with van der Waals surface area (Å²) >= 11 is 5.94. The van der Waals surface area contributed by atoms with Crippen molar-refractivity contribution in [1.82, 2.24) is 5.32 Å². The van der Waals surface area contributed by atoms with E-state index in [0.717, 1.165) is 23.3 Å². The Bertz CT molecular complexity index is 1380. The molecule has 0 radical (unpaired) electrons. The highest BCUT2D eigenvalue weighted by atomic mass is 35.5. The van der Waals surface area contributed by atoms with E-state index in [2.05, 4.69) is 5.32 Å². The van der Waals surface area contributed by atoms with E-state index in [-0.39, 0.29) is 6.42 Å². The van der Waals surface area contributed by atoms with E-state index in [9.17, 15) is 27.9 Å². The number of benzene rings is 4. The van der Waals surface area contributed by atoms with Gasteiger partial charge in [0.1, 0.15) is 0 Å². The number of halogens is 4. The number of carbonyl (C=O) groups is 2. The van der Waals surface area contributed by atoms with Crippen LogP contribution in [0.3, 0.4) is 0 Å². The molecular weight excluding hydrogens is 503 g/mol. The lowest BCUT2D eigenvalue weighted by Crippen LogP contribution is -2.30. The molecule has 2 N–H and O–H groups in total. The van der Waals surface area contributed by atoms with E-state index in [4.69, 9.17) is 11.6 Å². The Hall–Kier alpha value is -4.10. The summed E-state index contributed by atoms with van der Waals surface area (Å²) in [5.74, 6) is -1.53. The number of hydrogen-bond acceptors (Lipinski definition) is 2. The second-order valence-corrected chi connectivity index (χ2v) is 8.84. The van der Waals surface area contributed by atoms with Gasteiger partial charge in [0.25, 0.3) is 5.91 Å². The molecule has 1 atom stereocenters. The van der Waals surface area contributed by atoms with Gasteiger partial charge in [-0.2, -0.15) is 13.2 Å². The lowest BCUT2D eigenvalue weighted by Gasteiger charge is -2.18. The third-order valence-corrected chi connectivity index (χ3v) is 6.12. The summed E-state index contributed by atoms with van der Waals surface area (Å²) in [6.07, 6.45) is -4.72. The van der Waals surface area contributed by atoms with Gasteiger partial charge in [0.15, 0.2) is 0 Å². The Morgan fingerprint density at radius 3 is 1.62 bits per heavy atom. The number of hydrogen-bond donors (Lipinski definition) is 2. The van der Waals surface area contributed by atoms with Crippen LogP contribution in [0.4, 0.5) is 13.2 Å². The fourth-order valence-corrected chi connectivity index (χ4v) is 4.01. The van der Waals surface area contributed by atoms with Crippen molar-refractivity contribution in [2.24, 2.45) is 0 Å². The van der Waals surface area contributed by atoms with Gasteiger partial charge >= 0.3 is 12.1 Å². The molecule has 0 aromatic heterocycles. The smallest absolute Gasteiger partial charge is 0.416 e. The first-order chi connectivity index (χ1) is 17.6. The van der Waals surface area contributed by atoms with Crippen molar-refractivity contribution in [1.29, 1.82) is 0 Å². The first-order valence-corrected chi connectivity index (χ1v) is 11.6. The predicted octanol–water partition coefficient (Wildman–Crippen LogP) is 7.64. The Morgan fingerprint density at radius 1 is 0.730 bits per heavy atom. The fraction of sp³-hybridized carbons (Fsp3) is 0.103. The van der Waals surface area contributed by atoms with E-state index in [1.165, 1.54) is 12.1 Å². The van der Waals surface area contributed by atoms with Crippen molar-refractivity contribution in [3.63, 3.8) is 0 Å². The van der Waals surface area contributed by atoms with Gasteiger partial charge in [0, 0.05) is 10.6 Å². The number of carbonyl (C=O) groups excluding carboxylic acids is 1. The Kier molecular flexibility index (Phi) is 7.64. The van der Waals surface area contributed by atoms with Crippen LogP contribution in [0.25, 0.3) is 22.3 Å². The average molecular weight is 524 g/mol. The standard InChI is InChI=1S/C29H21ClF3NO3/c30-25-15-11-21(12-16-25)18-1-5-22(6-2-18)26(17-27(35)36)34-28(37)23-7-3-19(4-8-23)20-9-13-24(14-10-20)29(31,32)33/h1-16,26H,17H2,(H,34,37)(H,35,36). The molecule has 0 heterocycles. The molecule has 0 saturated carbocycles. The van der Waals surface area contributed by atoms with Crippen LogP contribution >= 0.6 is 11.6 Å². The molecule has 4 aromatic carbocycles. The van der Waals surface area contributed by atoms with E-state index in [1.54, 1.807) is 48.5 Å². The largest absolute Gasteiger partial charge is 0.481 e. The summed E-state index contributed by atoms with van der Waals surface area (Å²) in [6, 6.07) is 24.9. The van der Waals surface area contributed by atoms with Crippen LogP contribution in [0.5, 0.6) is 0 Å². The minimum Gasteiger partial charge on any atom is -0.481 e. The molecular formula is C29H21ClF3NO3. The molecule has 4 rings (SSSR count).